The molecular formula is C14H21N3S. The molecule has 1 aliphatic rings. The molecule has 98 valence electrons. The minimum Gasteiger partial charge on any atom is -0.388 e. The number of nitrogens with two attached hydrogens (primary N) is 1. The summed E-state index contributed by atoms with van der Waals surface area (Å²) in [4.78, 5) is 7.15. The molecule has 2 heterocycles. The highest BCUT2D eigenvalue weighted by Gasteiger charge is 2.26. The third-order valence-corrected chi connectivity index (χ3v) is 3.69. The molecule has 1 aromatic rings. The number of likely N-dealkylation sites (tertiary alicyclic amines) is 1. The molecule has 1 fully saturated rings. The lowest BCUT2D eigenvalue weighted by Gasteiger charge is -2.38. The SMILES string of the molecule is CC1(C)CCCN(Cc2cccnc2C(N)=S)C1. The van der Waals surface area contributed by atoms with Gasteiger partial charge in [-0.25, -0.2) is 0 Å². The summed E-state index contributed by atoms with van der Waals surface area (Å²) in [5.74, 6) is 0. The van der Waals surface area contributed by atoms with Crippen LogP contribution in [0.15, 0.2) is 18.3 Å². The normalized spacial score (nSPS) is 19.7. The minimum absolute atomic E-state index is 0.391. The summed E-state index contributed by atoms with van der Waals surface area (Å²) in [6.07, 6.45) is 4.31. The van der Waals surface area contributed by atoms with Crippen molar-refractivity contribution in [1.29, 1.82) is 0 Å². The van der Waals surface area contributed by atoms with E-state index < -0.39 is 0 Å². The van der Waals surface area contributed by atoms with Gasteiger partial charge in [-0.2, -0.15) is 0 Å². The molecule has 0 aromatic carbocycles. The Morgan fingerprint density at radius 1 is 1.56 bits per heavy atom. The highest BCUT2D eigenvalue weighted by Crippen LogP contribution is 2.29. The Labute approximate surface area is 114 Å². The predicted molar refractivity (Wildman–Crippen MR) is 78.4 cm³/mol. The second kappa shape index (κ2) is 5.33. The van der Waals surface area contributed by atoms with Gasteiger partial charge in [0.05, 0.1) is 0 Å². The van der Waals surface area contributed by atoms with Crippen LogP contribution in [0.3, 0.4) is 0 Å². The van der Waals surface area contributed by atoms with E-state index in [1.54, 1.807) is 6.20 Å². The molecule has 18 heavy (non-hydrogen) atoms. The highest BCUT2D eigenvalue weighted by molar-refractivity contribution is 7.80. The van der Waals surface area contributed by atoms with Crippen molar-refractivity contribution in [2.45, 2.75) is 33.2 Å². The number of aromatic nitrogens is 1. The maximum absolute atomic E-state index is 5.72. The van der Waals surface area contributed by atoms with Crippen molar-refractivity contribution < 1.29 is 0 Å². The van der Waals surface area contributed by atoms with E-state index in [1.807, 2.05) is 6.07 Å². The molecule has 3 nitrogen and oxygen atoms in total. The summed E-state index contributed by atoms with van der Waals surface area (Å²) < 4.78 is 0. The predicted octanol–water partition coefficient (Wildman–Crippen LogP) is 2.34. The smallest absolute Gasteiger partial charge is 0.123 e. The van der Waals surface area contributed by atoms with Crippen LogP contribution in [0.1, 0.15) is 37.9 Å². The molecule has 0 spiro atoms. The van der Waals surface area contributed by atoms with E-state index >= 15 is 0 Å². The molecule has 0 bridgehead atoms. The Kier molecular flexibility index (Phi) is 3.97. The molecule has 4 heteroatoms. The molecular weight excluding hydrogens is 242 g/mol. The Hall–Kier alpha value is -1.00. The van der Waals surface area contributed by atoms with Gasteiger partial charge in [0.25, 0.3) is 0 Å². The van der Waals surface area contributed by atoms with Crippen LogP contribution in [0.25, 0.3) is 0 Å². The number of hydrogen-bond donors (Lipinski definition) is 1. The molecule has 0 amide bonds. The first-order chi connectivity index (χ1) is 8.48. The van der Waals surface area contributed by atoms with Gasteiger partial charge >= 0.3 is 0 Å². The first-order valence-electron chi connectivity index (χ1n) is 6.44. The van der Waals surface area contributed by atoms with Gasteiger partial charge in [0.2, 0.25) is 0 Å². The van der Waals surface area contributed by atoms with Crippen molar-refractivity contribution in [3.8, 4) is 0 Å². The van der Waals surface area contributed by atoms with Crippen molar-refractivity contribution in [2.75, 3.05) is 13.1 Å². The molecule has 2 N–H and O–H groups in total. The number of piperidine rings is 1. The Morgan fingerprint density at radius 3 is 3.00 bits per heavy atom. The van der Waals surface area contributed by atoms with Crippen LogP contribution in [0.5, 0.6) is 0 Å². The summed E-state index contributed by atoms with van der Waals surface area (Å²) in [6, 6.07) is 4.02. The Balaban J connectivity index is 2.12. The van der Waals surface area contributed by atoms with Crippen LogP contribution in [0.4, 0.5) is 0 Å². The average Bonchev–Trinajstić information content (AvgIpc) is 2.28. The summed E-state index contributed by atoms with van der Waals surface area (Å²) in [5.41, 5.74) is 8.05. The fourth-order valence-electron chi connectivity index (χ4n) is 2.71. The van der Waals surface area contributed by atoms with Crippen LogP contribution < -0.4 is 5.73 Å². The van der Waals surface area contributed by atoms with E-state index in [0.29, 0.717) is 10.4 Å². The largest absolute Gasteiger partial charge is 0.388 e. The zero-order valence-corrected chi connectivity index (χ0v) is 12.0. The van der Waals surface area contributed by atoms with E-state index in [-0.39, 0.29) is 0 Å². The van der Waals surface area contributed by atoms with Crippen LogP contribution in [-0.4, -0.2) is 28.0 Å². The lowest BCUT2D eigenvalue weighted by molar-refractivity contribution is 0.111. The zero-order chi connectivity index (χ0) is 13.2. The monoisotopic (exact) mass is 263 g/mol. The lowest BCUT2D eigenvalue weighted by Crippen LogP contribution is -2.39. The molecule has 0 saturated carbocycles. The quantitative estimate of drug-likeness (QED) is 0.850. The van der Waals surface area contributed by atoms with E-state index in [1.165, 1.54) is 12.8 Å². The van der Waals surface area contributed by atoms with Gasteiger partial charge in [-0.15, -0.1) is 0 Å². The van der Waals surface area contributed by atoms with Gasteiger partial charge in [-0.05, 0) is 36.4 Å². The van der Waals surface area contributed by atoms with Gasteiger partial charge in [-0.1, -0.05) is 32.1 Å². The Bertz CT molecular complexity index is 442. The molecule has 0 radical (unpaired) electrons. The topological polar surface area (TPSA) is 42.2 Å². The maximum Gasteiger partial charge on any atom is 0.123 e. The molecule has 1 aromatic heterocycles. The number of pyridine rings is 1. The van der Waals surface area contributed by atoms with Gasteiger partial charge in [0.15, 0.2) is 0 Å². The number of hydrogen-bond acceptors (Lipinski definition) is 3. The fraction of sp³-hybridized carbons (Fsp3) is 0.571. The van der Waals surface area contributed by atoms with Crippen molar-refractivity contribution in [3.63, 3.8) is 0 Å². The van der Waals surface area contributed by atoms with E-state index in [4.69, 9.17) is 18.0 Å². The molecule has 0 aliphatic carbocycles. The van der Waals surface area contributed by atoms with Crippen molar-refractivity contribution in [3.05, 3.63) is 29.6 Å². The summed E-state index contributed by atoms with van der Waals surface area (Å²) >= 11 is 5.06. The van der Waals surface area contributed by atoms with Gasteiger partial charge in [0.1, 0.15) is 10.7 Å². The molecule has 1 saturated heterocycles. The summed E-state index contributed by atoms with van der Waals surface area (Å²) in [5, 5.41) is 0. The standard InChI is InChI=1S/C14H21N3S/c1-14(2)6-4-8-17(10-14)9-11-5-3-7-16-12(11)13(15)18/h3,5,7H,4,6,8-10H2,1-2H3,(H2,15,18). The number of thiocarbonyl (C=S) groups is 1. The van der Waals surface area contributed by atoms with Crippen LogP contribution in [0.2, 0.25) is 0 Å². The van der Waals surface area contributed by atoms with Crippen molar-refractivity contribution >= 4 is 17.2 Å². The first-order valence-corrected chi connectivity index (χ1v) is 6.85. The average molecular weight is 263 g/mol. The zero-order valence-electron chi connectivity index (χ0n) is 11.1. The van der Waals surface area contributed by atoms with E-state index in [0.717, 1.165) is 30.9 Å². The molecule has 1 aliphatic heterocycles. The van der Waals surface area contributed by atoms with Gasteiger partial charge in [-0.3, -0.25) is 9.88 Å². The Morgan fingerprint density at radius 2 is 2.33 bits per heavy atom. The number of nitrogens with zero attached hydrogens (tertiary/aromatic N) is 2. The van der Waals surface area contributed by atoms with Crippen molar-refractivity contribution in [1.82, 2.24) is 9.88 Å². The van der Waals surface area contributed by atoms with Crippen molar-refractivity contribution in [2.24, 2.45) is 11.1 Å². The highest BCUT2D eigenvalue weighted by atomic mass is 32.1. The summed E-state index contributed by atoms with van der Waals surface area (Å²) in [6.45, 7) is 7.82. The molecule has 0 atom stereocenters. The van der Waals surface area contributed by atoms with Gasteiger partial charge < -0.3 is 5.73 Å². The lowest BCUT2D eigenvalue weighted by atomic mass is 9.84. The van der Waals surface area contributed by atoms with E-state index in [9.17, 15) is 0 Å². The fourth-order valence-corrected chi connectivity index (χ4v) is 2.89. The third kappa shape index (κ3) is 3.27. The second-order valence-corrected chi connectivity index (χ2v) is 6.29. The second-order valence-electron chi connectivity index (χ2n) is 5.85. The molecule has 2 rings (SSSR count). The van der Waals surface area contributed by atoms with Crippen LogP contribution in [-0.2, 0) is 6.54 Å². The molecule has 0 unspecified atom stereocenters. The number of rotatable bonds is 3. The van der Waals surface area contributed by atoms with E-state index in [2.05, 4.69) is 29.8 Å². The van der Waals surface area contributed by atoms with Gasteiger partial charge in [0, 0.05) is 19.3 Å². The third-order valence-electron chi connectivity index (χ3n) is 3.50. The van der Waals surface area contributed by atoms with Crippen LogP contribution in [0, 0.1) is 5.41 Å². The van der Waals surface area contributed by atoms with Crippen LogP contribution >= 0.6 is 12.2 Å². The first kappa shape index (κ1) is 13.4. The maximum atomic E-state index is 5.72. The minimum atomic E-state index is 0.391. The summed E-state index contributed by atoms with van der Waals surface area (Å²) in [7, 11) is 0.